The zero-order chi connectivity index (χ0) is 12.1. The molecule has 18 heavy (non-hydrogen) atoms. The van der Waals surface area contributed by atoms with E-state index in [0.29, 0.717) is 24.8 Å². The highest BCUT2D eigenvalue weighted by Gasteiger charge is 2.07. The summed E-state index contributed by atoms with van der Waals surface area (Å²) >= 11 is 0. The van der Waals surface area contributed by atoms with Gasteiger partial charge >= 0.3 is 0 Å². The summed E-state index contributed by atoms with van der Waals surface area (Å²) in [6.45, 7) is 0.874. The second-order valence-corrected chi connectivity index (χ2v) is 3.40. The van der Waals surface area contributed by atoms with Crippen LogP contribution in [-0.2, 0) is 0 Å². The first-order valence-corrected chi connectivity index (χ1v) is 5.27. The molecule has 0 spiro atoms. The highest BCUT2D eigenvalue weighted by atomic mass is 35.5. The van der Waals surface area contributed by atoms with E-state index in [4.69, 9.17) is 19.7 Å². The van der Waals surface area contributed by atoms with E-state index in [0.717, 1.165) is 11.3 Å². The Balaban J connectivity index is 0.00000162. The molecule has 2 aromatic rings. The summed E-state index contributed by atoms with van der Waals surface area (Å²) in [5.41, 5.74) is 6.25. The normalized spacial score (nSPS) is 9.67. The highest BCUT2D eigenvalue weighted by Crippen LogP contribution is 2.25. The van der Waals surface area contributed by atoms with Crippen LogP contribution in [0.5, 0.6) is 11.6 Å². The minimum atomic E-state index is 0. The molecule has 0 aliphatic carbocycles. The minimum Gasteiger partial charge on any atom is -0.497 e. The van der Waals surface area contributed by atoms with E-state index in [2.05, 4.69) is 5.16 Å². The Morgan fingerprint density at radius 2 is 2.00 bits per heavy atom. The number of halogens is 1. The van der Waals surface area contributed by atoms with Gasteiger partial charge < -0.3 is 19.7 Å². The van der Waals surface area contributed by atoms with Crippen LogP contribution in [-0.4, -0.2) is 25.4 Å². The number of benzene rings is 1. The molecule has 98 valence electrons. The number of rotatable bonds is 5. The van der Waals surface area contributed by atoms with Crippen LogP contribution >= 0.6 is 12.4 Å². The van der Waals surface area contributed by atoms with Gasteiger partial charge in [0.25, 0.3) is 5.88 Å². The van der Waals surface area contributed by atoms with Gasteiger partial charge in [-0.1, -0.05) is 0 Å². The van der Waals surface area contributed by atoms with Gasteiger partial charge in [0.1, 0.15) is 12.4 Å². The molecule has 1 heterocycles. The van der Waals surface area contributed by atoms with E-state index in [1.165, 1.54) is 0 Å². The summed E-state index contributed by atoms with van der Waals surface area (Å²) < 4.78 is 15.5. The molecule has 0 saturated carbocycles. The highest BCUT2D eigenvalue weighted by molar-refractivity contribution is 5.85. The SMILES string of the molecule is COc1ccc(-c2cc(OCCN)no2)cc1.Cl. The topological polar surface area (TPSA) is 70.5 Å². The Hall–Kier alpha value is -1.72. The van der Waals surface area contributed by atoms with Gasteiger partial charge in [0.15, 0.2) is 5.76 Å². The molecule has 0 unspecified atom stereocenters. The lowest BCUT2D eigenvalue weighted by molar-refractivity contribution is 0.288. The molecule has 2 rings (SSSR count). The van der Waals surface area contributed by atoms with Crippen molar-refractivity contribution < 1.29 is 14.0 Å². The lowest BCUT2D eigenvalue weighted by atomic mass is 10.2. The van der Waals surface area contributed by atoms with Crippen LogP contribution < -0.4 is 15.2 Å². The van der Waals surface area contributed by atoms with Gasteiger partial charge in [-0.15, -0.1) is 12.4 Å². The Morgan fingerprint density at radius 1 is 1.28 bits per heavy atom. The summed E-state index contributed by atoms with van der Waals surface area (Å²) in [6.07, 6.45) is 0. The minimum absolute atomic E-state index is 0. The second kappa shape index (κ2) is 6.88. The van der Waals surface area contributed by atoms with Crippen molar-refractivity contribution in [2.24, 2.45) is 5.73 Å². The molecule has 0 bridgehead atoms. The van der Waals surface area contributed by atoms with Gasteiger partial charge in [-0.2, -0.15) is 0 Å². The van der Waals surface area contributed by atoms with E-state index in [1.54, 1.807) is 13.2 Å². The third-order valence-corrected chi connectivity index (χ3v) is 2.23. The van der Waals surface area contributed by atoms with Gasteiger partial charge in [0.2, 0.25) is 0 Å². The summed E-state index contributed by atoms with van der Waals surface area (Å²) in [5.74, 6) is 1.90. The maximum atomic E-state index is 5.33. The zero-order valence-electron chi connectivity index (χ0n) is 9.96. The maximum absolute atomic E-state index is 5.33. The molecule has 0 saturated heterocycles. The molecular weight excluding hydrogens is 256 g/mol. The van der Waals surface area contributed by atoms with Crippen LogP contribution in [0.1, 0.15) is 0 Å². The van der Waals surface area contributed by atoms with E-state index >= 15 is 0 Å². The van der Waals surface area contributed by atoms with Crippen molar-refractivity contribution in [3.8, 4) is 23.0 Å². The van der Waals surface area contributed by atoms with Crippen LogP contribution in [0.2, 0.25) is 0 Å². The number of hydrogen-bond acceptors (Lipinski definition) is 5. The molecule has 0 amide bonds. The quantitative estimate of drug-likeness (QED) is 0.901. The number of nitrogens with zero attached hydrogens (tertiary/aromatic N) is 1. The fraction of sp³-hybridized carbons (Fsp3) is 0.250. The Kier molecular flexibility index (Phi) is 5.48. The van der Waals surface area contributed by atoms with Crippen LogP contribution in [0.15, 0.2) is 34.9 Å². The lowest BCUT2D eigenvalue weighted by Gasteiger charge is -1.99. The van der Waals surface area contributed by atoms with Gasteiger partial charge in [-0.05, 0) is 29.4 Å². The van der Waals surface area contributed by atoms with Gasteiger partial charge in [-0.3, -0.25) is 0 Å². The molecule has 0 aliphatic heterocycles. The molecule has 0 radical (unpaired) electrons. The Morgan fingerprint density at radius 3 is 2.61 bits per heavy atom. The summed E-state index contributed by atoms with van der Waals surface area (Å²) in [5, 5.41) is 3.79. The lowest BCUT2D eigenvalue weighted by Crippen LogP contribution is -2.10. The van der Waals surface area contributed by atoms with Crippen LogP contribution in [0.3, 0.4) is 0 Å². The summed E-state index contributed by atoms with van der Waals surface area (Å²) in [6, 6.07) is 9.24. The number of ether oxygens (including phenoxy) is 2. The zero-order valence-corrected chi connectivity index (χ0v) is 10.8. The Bertz CT molecular complexity index is 470. The van der Waals surface area contributed by atoms with Crippen molar-refractivity contribution >= 4 is 12.4 Å². The largest absolute Gasteiger partial charge is 0.497 e. The molecule has 1 aromatic heterocycles. The standard InChI is InChI=1S/C12H14N2O3.ClH/c1-15-10-4-2-9(3-5-10)11-8-12(14-17-11)16-7-6-13;/h2-5,8H,6-7,13H2,1H3;1H. The van der Waals surface area contributed by atoms with Crippen molar-refractivity contribution in [1.29, 1.82) is 0 Å². The van der Waals surface area contributed by atoms with Crippen LogP contribution in [0, 0.1) is 0 Å². The predicted molar refractivity (Wildman–Crippen MR) is 70.3 cm³/mol. The second-order valence-electron chi connectivity index (χ2n) is 3.40. The first kappa shape index (κ1) is 14.3. The van der Waals surface area contributed by atoms with E-state index in [1.807, 2.05) is 24.3 Å². The van der Waals surface area contributed by atoms with Crippen molar-refractivity contribution in [3.05, 3.63) is 30.3 Å². The monoisotopic (exact) mass is 270 g/mol. The van der Waals surface area contributed by atoms with Crippen molar-refractivity contribution in [1.82, 2.24) is 5.16 Å². The number of hydrogen-bond donors (Lipinski definition) is 1. The third kappa shape index (κ3) is 3.38. The number of nitrogens with two attached hydrogens (primary N) is 1. The van der Waals surface area contributed by atoms with Crippen molar-refractivity contribution in [3.63, 3.8) is 0 Å². The van der Waals surface area contributed by atoms with Crippen LogP contribution in [0.25, 0.3) is 11.3 Å². The predicted octanol–water partition coefficient (Wildman–Crippen LogP) is 2.11. The summed E-state index contributed by atoms with van der Waals surface area (Å²) in [7, 11) is 1.63. The molecule has 0 aliphatic rings. The fourth-order valence-electron chi connectivity index (χ4n) is 1.38. The average Bonchev–Trinajstić information content (AvgIpc) is 2.85. The number of methoxy groups -OCH3 is 1. The molecule has 0 atom stereocenters. The first-order chi connectivity index (χ1) is 8.33. The van der Waals surface area contributed by atoms with Crippen molar-refractivity contribution in [2.75, 3.05) is 20.3 Å². The number of aromatic nitrogens is 1. The fourth-order valence-corrected chi connectivity index (χ4v) is 1.38. The molecule has 5 nitrogen and oxygen atoms in total. The van der Waals surface area contributed by atoms with E-state index in [9.17, 15) is 0 Å². The maximum Gasteiger partial charge on any atom is 0.254 e. The van der Waals surface area contributed by atoms with E-state index < -0.39 is 0 Å². The van der Waals surface area contributed by atoms with Gasteiger partial charge in [0.05, 0.1) is 7.11 Å². The smallest absolute Gasteiger partial charge is 0.254 e. The first-order valence-electron chi connectivity index (χ1n) is 5.27. The van der Waals surface area contributed by atoms with Gasteiger partial charge in [-0.25, -0.2) is 0 Å². The average molecular weight is 271 g/mol. The molecule has 2 N–H and O–H groups in total. The van der Waals surface area contributed by atoms with E-state index in [-0.39, 0.29) is 12.4 Å². The van der Waals surface area contributed by atoms with Gasteiger partial charge in [0, 0.05) is 18.2 Å². The summed E-state index contributed by atoms with van der Waals surface area (Å²) in [4.78, 5) is 0. The van der Waals surface area contributed by atoms with Crippen LogP contribution in [0.4, 0.5) is 0 Å². The molecule has 0 fully saturated rings. The van der Waals surface area contributed by atoms with Crippen molar-refractivity contribution in [2.45, 2.75) is 0 Å². The molecule has 1 aromatic carbocycles. The third-order valence-electron chi connectivity index (χ3n) is 2.23. The molecular formula is C12H15ClN2O3. The Labute approximate surface area is 111 Å². The molecule has 6 heteroatoms.